The first-order valence-electron chi connectivity index (χ1n) is 6.83. The average molecular weight is 253 g/mol. The molecule has 98 valence electrons. The monoisotopic (exact) mass is 253 g/mol. The third kappa shape index (κ3) is 2.79. The number of hydrogen-bond donors (Lipinski definition) is 1. The molecule has 0 aliphatic carbocycles. The van der Waals surface area contributed by atoms with Crippen molar-refractivity contribution in [3.8, 4) is 5.75 Å². The van der Waals surface area contributed by atoms with Crippen molar-refractivity contribution in [2.45, 2.75) is 25.9 Å². The summed E-state index contributed by atoms with van der Waals surface area (Å²) in [6, 6.07) is 17.4. The van der Waals surface area contributed by atoms with Gasteiger partial charge in [0.15, 0.2) is 0 Å². The Morgan fingerprint density at radius 2 is 1.89 bits per heavy atom. The van der Waals surface area contributed by atoms with Crippen molar-refractivity contribution in [2.24, 2.45) is 0 Å². The van der Waals surface area contributed by atoms with Crippen LogP contribution < -0.4 is 10.1 Å². The van der Waals surface area contributed by atoms with Gasteiger partial charge in [-0.2, -0.15) is 0 Å². The first-order chi connectivity index (χ1) is 9.33. The van der Waals surface area contributed by atoms with Gasteiger partial charge >= 0.3 is 0 Å². The summed E-state index contributed by atoms with van der Waals surface area (Å²) in [5.41, 5.74) is 3.91. The van der Waals surface area contributed by atoms with Gasteiger partial charge in [0.1, 0.15) is 5.75 Å². The number of para-hydroxylation sites is 1. The Morgan fingerprint density at radius 3 is 2.74 bits per heavy atom. The molecule has 2 aromatic rings. The van der Waals surface area contributed by atoms with Crippen molar-refractivity contribution in [2.75, 3.05) is 6.61 Å². The molecule has 0 radical (unpaired) electrons. The predicted octanol–water partition coefficient (Wildman–Crippen LogP) is 3.61. The summed E-state index contributed by atoms with van der Waals surface area (Å²) in [7, 11) is 0. The standard InChI is InChI=1S/C17H19NO/c1-13-6-8-14(9-7-13)12-18-16-10-11-19-17-5-3-2-4-15(16)17/h2-9,16,18H,10-12H2,1H3/t16-/m0/s1. The smallest absolute Gasteiger partial charge is 0.124 e. The summed E-state index contributed by atoms with van der Waals surface area (Å²) in [4.78, 5) is 0. The van der Waals surface area contributed by atoms with Gasteiger partial charge in [0.2, 0.25) is 0 Å². The van der Waals surface area contributed by atoms with Crippen LogP contribution in [0.15, 0.2) is 48.5 Å². The van der Waals surface area contributed by atoms with Gasteiger partial charge < -0.3 is 10.1 Å². The molecule has 0 bridgehead atoms. The van der Waals surface area contributed by atoms with Crippen LogP contribution >= 0.6 is 0 Å². The number of hydrogen-bond acceptors (Lipinski definition) is 2. The Labute approximate surface area is 114 Å². The molecule has 2 heteroatoms. The van der Waals surface area contributed by atoms with E-state index in [4.69, 9.17) is 4.74 Å². The van der Waals surface area contributed by atoms with Crippen molar-refractivity contribution < 1.29 is 4.74 Å². The van der Waals surface area contributed by atoms with E-state index in [0.29, 0.717) is 6.04 Å². The van der Waals surface area contributed by atoms with E-state index in [9.17, 15) is 0 Å². The first kappa shape index (κ1) is 12.2. The third-order valence-electron chi connectivity index (χ3n) is 3.63. The number of nitrogens with one attached hydrogen (secondary N) is 1. The Morgan fingerprint density at radius 1 is 1.11 bits per heavy atom. The Bertz CT molecular complexity index is 547. The normalized spacial score (nSPS) is 17.6. The van der Waals surface area contributed by atoms with E-state index in [1.54, 1.807) is 0 Å². The fraction of sp³-hybridized carbons (Fsp3) is 0.294. The second kappa shape index (κ2) is 5.45. The van der Waals surface area contributed by atoms with Gasteiger partial charge in [0.25, 0.3) is 0 Å². The number of ether oxygens (including phenoxy) is 1. The molecule has 1 heterocycles. The van der Waals surface area contributed by atoms with Crippen molar-refractivity contribution in [1.29, 1.82) is 0 Å². The summed E-state index contributed by atoms with van der Waals surface area (Å²) in [6.45, 7) is 3.81. The maximum Gasteiger partial charge on any atom is 0.124 e. The molecular weight excluding hydrogens is 234 g/mol. The van der Waals surface area contributed by atoms with Gasteiger partial charge in [-0.1, -0.05) is 48.0 Å². The molecular formula is C17H19NO. The SMILES string of the molecule is Cc1ccc(CN[C@H]2CCOc3ccccc32)cc1. The highest BCUT2D eigenvalue weighted by Crippen LogP contribution is 2.31. The van der Waals surface area contributed by atoms with Crippen LogP contribution in [0.3, 0.4) is 0 Å². The molecule has 0 unspecified atom stereocenters. The minimum atomic E-state index is 0.395. The summed E-state index contributed by atoms with van der Waals surface area (Å²) in [5, 5.41) is 3.63. The van der Waals surface area contributed by atoms with Crippen LogP contribution in [-0.4, -0.2) is 6.61 Å². The second-order valence-electron chi connectivity index (χ2n) is 5.09. The maximum atomic E-state index is 5.68. The first-order valence-corrected chi connectivity index (χ1v) is 6.83. The summed E-state index contributed by atoms with van der Waals surface area (Å²) in [5.74, 6) is 1.02. The molecule has 0 aromatic heterocycles. The van der Waals surface area contributed by atoms with Crippen molar-refractivity contribution in [1.82, 2.24) is 5.32 Å². The van der Waals surface area contributed by atoms with E-state index in [2.05, 4.69) is 54.7 Å². The topological polar surface area (TPSA) is 21.3 Å². The zero-order valence-corrected chi connectivity index (χ0v) is 11.2. The van der Waals surface area contributed by atoms with Crippen molar-refractivity contribution in [3.63, 3.8) is 0 Å². The van der Waals surface area contributed by atoms with Gasteiger partial charge in [-0.15, -0.1) is 0 Å². The summed E-state index contributed by atoms with van der Waals surface area (Å²) in [6.07, 6.45) is 1.03. The van der Waals surface area contributed by atoms with Crippen LogP contribution in [0.5, 0.6) is 5.75 Å². The fourth-order valence-electron chi connectivity index (χ4n) is 2.50. The molecule has 0 fully saturated rings. The van der Waals surface area contributed by atoms with E-state index >= 15 is 0 Å². The van der Waals surface area contributed by atoms with Crippen LogP contribution in [0.25, 0.3) is 0 Å². The highest BCUT2D eigenvalue weighted by Gasteiger charge is 2.20. The third-order valence-corrected chi connectivity index (χ3v) is 3.63. The molecule has 1 aliphatic rings. The Balaban J connectivity index is 1.69. The molecule has 1 N–H and O–H groups in total. The molecule has 0 amide bonds. The second-order valence-corrected chi connectivity index (χ2v) is 5.09. The number of rotatable bonds is 3. The lowest BCUT2D eigenvalue weighted by molar-refractivity contribution is 0.252. The molecule has 0 spiro atoms. The van der Waals surface area contributed by atoms with E-state index in [-0.39, 0.29) is 0 Å². The molecule has 0 saturated carbocycles. The van der Waals surface area contributed by atoms with Gasteiger partial charge in [0, 0.05) is 24.6 Å². The molecule has 0 saturated heterocycles. The van der Waals surface area contributed by atoms with Gasteiger partial charge in [0.05, 0.1) is 6.61 Å². The lowest BCUT2D eigenvalue weighted by Crippen LogP contribution is -2.26. The van der Waals surface area contributed by atoms with Crippen LogP contribution in [0.1, 0.15) is 29.2 Å². The fourth-order valence-corrected chi connectivity index (χ4v) is 2.50. The van der Waals surface area contributed by atoms with Crippen LogP contribution in [-0.2, 0) is 6.54 Å². The van der Waals surface area contributed by atoms with E-state index < -0.39 is 0 Å². The average Bonchev–Trinajstić information content (AvgIpc) is 2.47. The van der Waals surface area contributed by atoms with Crippen LogP contribution in [0, 0.1) is 6.92 Å². The number of fused-ring (bicyclic) bond motifs is 1. The lowest BCUT2D eigenvalue weighted by atomic mass is 10.0. The van der Waals surface area contributed by atoms with Gasteiger partial charge in [-0.05, 0) is 18.6 Å². The molecule has 2 nitrogen and oxygen atoms in total. The molecule has 1 aliphatic heterocycles. The lowest BCUT2D eigenvalue weighted by Gasteiger charge is -2.26. The number of aryl methyl sites for hydroxylation is 1. The van der Waals surface area contributed by atoms with Gasteiger partial charge in [-0.25, -0.2) is 0 Å². The molecule has 19 heavy (non-hydrogen) atoms. The minimum Gasteiger partial charge on any atom is -0.493 e. The van der Waals surface area contributed by atoms with E-state index in [1.165, 1.54) is 16.7 Å². The predicted molar refractivity (Wildman–Crippen MR) is 77.3 cm³/mol. The van der Waals surface area contributed by atoms with Crippen LogP contribution in [0.4, 0.5) is 0 Å². The maximum absolute atomic E-state index is 5.68. The zero-order chi connectivity index (χ0) is 13.1. The van der Waals surface area contributed by atoms with Gasteiger partial charge in [-0.3, -0.25) is 0 Å². The van der Waals surface area contributed by atoms with E-state index in [0.717, 1.165) is 25.3 Å². The highest BCUT2D eigenvalue weighted by molar-refractivity contribution is 5.37. The Hall–Kier alpha value is -1.80. The Kier molecular flexibility index (Phi) is 3.51. The molecule has 1 atom stereocenters. The number of benzene rings is 2. The summed E-state index contributed by atoms with van der Waals surface area (Å²) >= 11 is 0. The van der Waals surface area contributed by atoms with Crippen molar-refractivity contribution in [3.05, 3.63) is 65.2 Å². The highest BCUT2D eigenvalue weighted by atomic mass is 16.5. The van der Waals surface area contributed by atoms with Crippen LogP contribution in [0.2, 0.25) is 0 Å². The summed E-state index contributed by atoms with van der Waals surface area (Å²) < 4.78 is 5.68. The molecule has 3 rings (SSSR count). The zero-order valence-electron chi connectivity index (χ0n) is 11.2. The van der Waals surface area contributed by atoms with Crippen molar-refractivity contribution >= 4 is 0 Å². The van der Waals surface area contributed by atoms with E-state index in [1.807, 2.05) is 6.07 Å². The minimum absolute atomic E-state index is 0.395. The largest absolute Gasteiger partial charge is 0.493 e. The quantitative estimate of drug-likeness (QED) is 0.902. The molecule has 2 aromatic carbocycles.